The van der Waals surface area contributed by atoms with Crippen LogP contribution in [0, 0.1) is 5.82 Å². The van der Waals surface area contributed by atoms with Gasteiger partial charge in [-0.25, -0.2) is 14.4 Å². The second-order valence-corrected chi connectivity index (χ2v) is 4.40. The van der Waals surface area contributed by atoms with Crippen LogP contribution in [-0.2, 0) is 0 Å². The maximum atomic E-state index is 12.8. The van der Waals surface area contributed by atoms with E-state index in [9.17, 15) is 4.39 Å². The maximum Gasteiger partial charge on any atom is 0.141 e. The number of aromatic nitrogens is 2. The Hall–Kier alpha value is -2.20. The zero-order chi connectivity index (χ0) is 13.2. The number of nitrogens with zero attached hydrogens (tertiary/aromatic N) is 2. The van der Waals surface area contributed by atoms with Crippen LogP contribution >= 0.6 is 11.6 Å². The zero-order valence-corrected chi connectivity index (χ0v) is 10.5. The van der Waals surface area contributed by atoms with Gasteiger partial charge in [0.2, 0.25) is 0 Å². The van der Waals surface area contributed by atoms with Crippen molar-refractivity contribution in [2.24, 2.45) is 0 Å². The Morgan fingerprint density at radius 2 is 1.84 bits per heavy atom. The molecule has 94 valence electrons. The van der Waals surface area contributed by atoms with Crippen molar-refractivity contribution in [3.05, 3.63) is 59.5 Å². The average molecular weight is 274 g/mol. The van der Waals surface area contributed by atoms with Crippen molar-refractivity contribution in [3.8, 4) is 0 Å². The van der Waals surface area contributed by atoms with Gasteiger partial charge in [0.1, 0.15) is 17.5 Å². The van der Waals surface area contributed by atoms with Gasteiger partial charge in [0.15, 0.2) is 0 Å². The molecule has 0 fully saturated rings. The Morgan fingerprint density at radius 3 is 2.63 bits per heavy atom. The lowest BCUT2D eigenvalue weighted by molar-refractivity contribution is 0.622. The van der Waals surface area contributed by atoms with Gasteiger partial charge in [-0.15, -0.1) is 0 Å². The van der Waals surface area contributed by atoms with Gasteiger partial charge >= 0.3 is 0 Å². The summed E-state index contributed by atoms with van der Waals surface area (Å²) < 4.78 is 12.8. The van der Waals surface area contributed by atoms with Gasteiger partial charge in [0.05, 0.1) is 16.7 Å². The summed E-state index contributed by atoms with van der Waals surface area (Å²) in [4.78, 5) is 8.33. The first-order valence-electron chi connectivity index (χ1n) is 5.66. The molecule has 0 atom stereocenters. The number of nitrogens with one attached hydrogen (secondary N) is 1. The first-order chi connectivity index (χ1) is 9.22. The number of hydrogen-bond donors (Lipinski definition) is 1. The molecule has 0 saturated carbocycles. The van der Waals surface area contributed by atoms with Crippen LogP contribution in [0.25, 0.3) is 10.9 Å². The molecule has 0 aliphatic heterocycles. The minimum atomic E-state index is -0.375. The number of anilines is 2. The monoisotopic (exact) mass is 273 g/mol. The highest BCUT2D eigenvalue weighted by Gasteiger charge is 2.03. The lowest BCUT2D eigenvalue weighted by atomic mass is 10.2. The summed E-state index contributed by atoms with van der Waals surface area (Å²) in [5, 5.41) is 4.56. The molecule has 0 radical (unpaired) electrons. The first-order valence-corrected chi connectivity index (χ1v) is 6.04. The molecule has 2 heterocycles. The van der Waals surface area contributed by atoms with E-state index in [1.165, 1.54) is 6.07 Å². The Morgan fingerprint density at radius 1 is 1.00 bits per heavy atom. The number of halogens is 2. The van der Waals surface area contributed by atoms with Crippen LogP contribution in [0.5, 0.6) is 0 Å². The number of rotatable bonds is 2. The average Bonchev–Trinajstić information content (AvgIpc) is 2.42. The third-order valence-electron chi connectivity index (χ3n) is 2.65. The highest BCUT2D eigenvalue weighted by molar-refractivity contribution is 6.35. The van der Waals surface area contributed by atoms with Crippen LogP contribution in [0.4, 0.5) is 16.0 Å². The van der Waals surface area contributed by atoms with E-state index in [2.05, 4.69) is 15.3 Å². The molecular formula is C14H9ClFN3. The fraction of sp³-hybridized carbons (Fsp3) is 0. The van der Waals surface area contributed by atoms with Crippen molar-refractivity contribution in [2.75, 3.05) is 5.32 Å². The van der Waals surface area contributed by atoms with E-state index in [0.29, 0.717) is 16.7 Å². The normalized spacial score (nSPS) is 10.6. The van der Waals surface area contributed by atoms with E-state index in [1.54, 1.807) is 12.1 Å². The Bertz CT molecular complexity index is 728. The summed E-state index contributed by atoms with van der Waals surface area (Å²) in [6.45, 7) is 0. The molecule has 0 spiro atoms. The van der Waals surface area contributed by atoms with E-state index >= 15 is 0 Å². The van der Waals surface area contributed by atoms with E-state index in [1.807, 2.05) is 24.3 Å². The molecule has 19 heavy (non-hydrogen) atoms. The van der Waals surface area contributed by atoms with Crippen LogP contribution in [0.1, 0.15) is 0 Å². The van der Waals surface area contributed by atoms with Crippen molar-refractivity contribution < 1.29 is 4.39 Å². The molecule has 1 N–H and O–H groups in total. The van der Waals surface area contributed by atoms with Gasteiger partial charge in [-0.3, -0.25) is 0 Å². The molecule has 0 aliphatic rings. The van der Waals surface area contributed by atoms with Crippen LogP contribution in [0.15, 0.2) is 48.7 Å². The third kappa shape index (κ3) is 2.48. The molecule has 0 unspecified atom stereocenters. The molecule has 0 bridgehead atoms. The number of para-hydroxylation sites is 1. The van der Waals surface area contributed by atoms with Gasteiger partial charge in [-0.2, -0.15) is 0 Å². The fourth-order valence-electron chi connectivity index (χ4n) is 1.76. The molecule has 2 aromatic heterocycles. The molecule has 3 nitrogen and oxygen atoms in total. The summed E-state index contributed by atoms with van der Waals surface area (Å²) in [6.07, 6.45) is 1.15. The summed E-state index contributed by atoms with van der Waals surface area (Å²) >= 11 is 6.10. The molecular weight excluding hydrogens is 265 g/mol. The minimum Gasteiger partial charge on any atom is -0.325 e. The highest BCUT2D eigenvalue weighted by Crippen LogP contribution is 2.23. The fourth-order valence-corrected chi connectivity index (χ4v) is 1.99. The molecule has 0 saturated heterocycles. The summed E-state index contributed by atoms with van der Waals surface area (Å²) in [6, 6.07) is 12.2. The van der Waals surface area contributed by atoms with Gasteiger partial charge in [-0.1, -0.05) is 23.7 Å². The topological polar surface area (TPSA) is 37.8 Å². The Balaban J connectivity index is 1.97. The largest absolute Gasteiger partial charge is 0.325 e. The Labute approximate surface area is 114 Å². The van der Waals surface area contributed by atoms with E-state index < -0.39 is 0 Å². The predicted molar refractivity (Wildman–Crippen MR) is 74.2 cm³/mol. The van der Waals surface area contributed by atoms with Gasteiger partial charge < -0.3 is 5.32 Å². The van der Waals surface area contributed by atoms with E-state index in [4.69, 9.17) is 11.6 Å². The number of fused-ring (bicyclic) bond motifs is 1. The highest BCUT2D eigenvalue weighted by atomic mass is 35.5. The molecule has 3 aromatic rings. The van der Waals surface area contributed by atoms with Crippen molar-refractivity contribution in [3.63, 3.8) is 0 Å². The first kappa shape index (κ1) is 11.9. The van der Waals surface area contributed by atoms with Crippen LogP contribution < -0.4 is 5.32 Å². The molecule has 1 aromatic carbocycles. The number of hydrogen-bond acceptors (Lipinski definition) is 3. The predicted octanol–water partition coefficient (Wildman–Crippen LogP) is 4.17. The van der Waals surface area contributed by atoms with Gasteiger partial charge in [0, 0.05) is 5.39 Å². The Kier molecular flexibility index (Phi) is 3.01. The quantitative estimate of drug-likeness (QED) is 0.762. The maximum absolute atomic E-state index is 12.8. The second kappa shape index (κ2) is 4.82. The summed E-state index contributed by atoms with van der Waals surface area (Å²) in [5.74, 6) is 0.764. The zero-order valence-electron chi connectivity index (χ0n) is 9.77. The summed E-state index contributed by atoms with van der Waals surface area (Å²) in [5.41, 5.74) is 0.719. The van der Waals surface area contributed by atoms with Crippen molar-refractivity contribution in [1.82, 2.24) is 9.97 Å². The third-order valence-corrected chi connectivity index (χ3v) is 2.96. The molecule has 0 aliphatic carbocycles. The molecule has 3 rings (SSSR count). The smallest absolute Gasteiger partial charge is 0.141 e. The SMILES string of the molecule is Fc1ccc(Nc2ccc3cccc(Cl)c3n2)nc1. The van der Waals surface area contributed by atoms with Crippen LogP contribution in [0.2, 0.25) is 5.02 Å². The summed E-state index contributed by atoms with van der Waals surface area (Å²) in [7, 11) is 0. The molecule has 0 amide bonds. The minimum absolute atomic E-state index is 0.375. The van der Waals surface area contributed by atoms with Crippen molar-refractivity contribution in [1.29, 1.82) is 0 Å². The van der Waals surface area contributed by atoms with Gasteiger partial charge in [0.25, 0.3) is 0 Å². The lowest BCUT2D eigenvalue weighted by Crippen LogP contribution is -1.96. The van der Waals surface area contributed by atoms with Crippen LogP contribution in [0.3, 0.4) is 0 Å². The van der Waals surface area contributed by atoms with Crippen LogP contribution in [-0.4, -0.2) is 9.97 Å². The standard InChI is InChI=1S/C14H9ClFN3/c15-11-3-1-2-9-4-6-13(19-14(9)11)18-12-7-5-10(16)8-17-12/h1-8H,(H,17,18,19). The molecule has 5 heteroatoms. The van der Waals surface area contributed by atoms with Gasteiger partial charge in [-0.05, 0) is 30.3 Å². The lowest BCUT2D eigenvalue weighted by Gasteiger charge is -2.06. The van der Waals surface area contributed by atoms with Crippen molar-refractivity contribution >= 4 is 34.1 Å². The van der Waals surface area contributed by atoms with E-state index in [-0.39, 0.29) is 5.82 Å². The second-order valence-electron chi connectivity index (χ2n) is 3.99. The van der Waals surface area contributed by atoms with E-state index in [0.717, 1.165) is 17.1 Å². The van der Waals surface area contributed by atoms with Crippen molar-refractivity contribution in [2.45, 2.75) is 0 Å². The number of benzene rings is 1. The number of pyridine rings is 2.